The molecule has 25 heavy (non-hydrogen) atoms. The topological polar surface area (TPSA) is 95.5 Å². The van der Waals surface area contributed by atoms with Gasteiger partial charge in [-0.1, -0.05) is 25.5 Å². The molecule has 7 heteroatoms. The van der Waals surface area contributed by atoms with E-state index in [1.54, 1.807) is 35.7 Å². The summed E-state index contributed by atoms with van der Waals surface area (Å²) >= 11 is 1.32. The summed E-state index contributed by atoms with van der Waals surface area (Å²) in [6.45, 7) is 3.34. The summed E-state index contributed by atoms with van der Waals surface area (Å²) in [6, 6.07) is 9.89. The second kappa shape index (κ2) is 7.94. The van der Waals surface area contributed by atoms with E-state index in [1.165, 1.54) is 24.3 Å². The maximum absolute atomic E-state index is 12.4. The SMILES string of the molecule is CCCC(C)(NC(=O)c1cccc(NC(=O)c2cccs2)c1)C(=O)O. The number of thiophene rings is 1. The molecule has 1 heterocycles. The van der Waals surface area contributed by atoms with Crippen molar-refractivity contribution >= 4 is 34.8 Å². The Bertz CT molecular complexity index is 773. The lowest BCUT2D eigenvalue weighted by Crippen LogP contribution is -2.52. The molecule has 132 valence electrons. The summed E-state index contributed by atoms with van der Waals surface area (Å²) in [5.41, 5.74) is -0.576. The van der Waals surface area contributed by atoms with E-state index >= 15 is 0 Å². The van der Waals surface area contributed by atoms with Crippen molar-refractivity contribution in [2.45, 2.75) is 32.2 Å². The van der Waals surface area contributed by atoms with Crippen molar-refractivity contribution in [2.75, 3.05) is 5.32 Å². The first-order valence-corrected chi connectivity index (χ1v) is 8.74. The Kier molecular flexibility index (Phi) is 5.93. The van der Waals surface area contributed by atoms with Crippen LogP contribution in [0.4, 0.5) is 5.69 Å². The molecule has 1 unspecified atom stereocenters. The highest BCUT2D eigenvalue weighted by molar-refractivity contribution is 7.12. The summed E-state index contributed by atoms with van der Waals surface area (Å²) in [5, 5.41) is 16.5. The molecule has 0 fully saturated rings. The lowest BCUT2D eigenvalue weighted by atomic mass is 9.95. The van der Waals surface area contributed by atoms with Crippen molar-refractivity contribution in [3.05, 3.63) is 52.2 Å². The minimum Gasteiger partial charge on any atom is -0.480 e. The van der Waals surface area contributed by atoms with Crippen LogP contribution in [0.5, 0.6) is 0 Å². The molecular formula is C18H20N2O4S. The van der Waals surface area contributed by atoms with Gasteiger partial charge < -0.3 is 15.7 Å². The normalized spacial score (nSPS) is 12.9. The number of aliphatic carboxylic acids is 1. The van der Waals surface area contributed by atoms with E-state index in [2.05, 4.69) is 10.6 Å². The second-order valence-corrected chi connectivity index (χ2v) is 6.80. The Hall–Kier alpha value is -2.67. The summed E-state index contributed by atoms with van der Waals surface area (Å²) in [7, 11) is 0. The molecule has 2 amide bonds. The molecule has 0 aliphatic rings. The maximum atomic E-state index is 12.4. The molecule has 6 nitrogen and oxygen atoms in total. The number of benzene rings is 1. The summed E-state index contributed by atoms with van der Waals surface area (Å²) in [6.07, 6.45) is 0.947. The zero-order chi connectivity index (χ0) is 18.4. The monoisotopic (exact) mass is 360 g/mol. The van der Waals surface area contributed by atoms with E-state index < -0.39 is 17.4 Å². The van der Waals surface area contributed by atoms with E-state index in [-0.39, 0.29) is 11.5 Å². The third-order valence-corrected chi connectivity index (χ3v) is 4.61. The molecule has 2 rings (SSSR count). The fraction of sp³-hybridized carbons (Fsp3) is 0.278. The van der Waals surface area contributed by atoms with Crippen LogP contribution in [0.25, 0.3) is 0 Å². The van der Waals surface area contributed by atoms with Gasteiger partial charge >= 0.3 is 5.97 Å². The van der Waals surface area contributed by atoms with Crippen molar-refractivity contribution in [2.24, 2.45) is 0 Å². The molecule has 0 aliphatic carbocycles. The van der Waals surface area contributed by atoms with Crippen LogP contribution in [0.2, 0.25) is 0 Å². The molecule has 0 aliphatic heterocycles. The molecule has 3 N–H and O–H groups in total. The van der Waals surface area contributed by atoms with Gasteiger partial charge in [-0.15, -0.1) is 11.3 Å². The smallest absolute Gasteiger partial charge is 0.329 e. The van der Waals surface area contributed by atoms with E-state index in [0.29, 0.717) is 23.4 Å². The van der Waals surface area contributed by atoms with E-state index in [0.717, 1.165) is 0 Å². The molecule has 0 bridgehead atoms. The molecule has 1 aromatic heterocycles. The van der Waals surface area contributed by atoms with E-state index in [4.69, 9.17) is 0 Å². The largest absolute Gasteiger partial charge is 0.480 e. The number of carbonyl (C=O) groups excluding carboxylic acids is 2. The van der Waals surface area contributed by atoms with Gasteiger partial charge in [0.25, 0.3) is 11.8 Å². The van der Waals surface area contributed by atoms with Crippen LogP contribution in [-0.4, -0.2) is 28.4 Å². The Morgan fingerprint density at radius 3 is 2.52 bits per heavy atom. The van der Waals surface area contributed by atoms with Gasteiger partial charge in [0.1, 0.15) is 5.54 Å². The summed E-state index contributed by atoms with van der Waals surface area (Å²) < 4.78 is 0. The van der Waals surface area contributed by atoms with Crippen molar-refractivity contribution in [3.63, 3.8) is 0 Å². The number of hydrogen-bond donors (Lipinski definition) is 3. The highest BCUT2D eigenvalue weighted by Gasteiger charge is 2.34. The third-order valence-electron chi connectivity index (χ3n) is 3.74. The van der Waals surface area contributed by atoms with Crippen LogP contribution in [0, 0.1) is 0 Å². The second-order valence-electron chi connectivity index (χ2n) is 5.85. The number of hydrogen-bond acceptors (Lipinski definition) is 4. The lowest BCUT2D eigenvalue weighted by Gasteiger charge is -2.25. The predicted octanol–water partition coefficient (Wildman–Crippen LogP) is 3.37. The van der Waals surface area contributed by atoms with Crippen molar-refractivity contribution in [1.82, 2.24) is 5.32 Å². The van der Waals surface area contributed by atoms with E-state index in [9.17, 15) is 19.5 Å². The van der Waals surface area contributed by atoms with Crippen LogP contribution in [0.3, 0.4) is 0 Å². The molecule has 1 aromatic carbocycles. The van der Waals surface area contributed by atoms with Gasteiger partial charge in [0.15, 0.2) is 0 Å². The number of anilines is 1. The number of amides is 2. The first-order chi connectivity index (χ1) is 11.9. The maximum Gasteiger partial charge on any atom is 0.329 e. The van der Waals surface area contributed by atoms with E-state index in [1.807, 2.05) is 6.92 Å². The molecule has 0 spiro atoms. The predicted molar refractivity (Wildman–Crippen MR) is 97.1 cm³/mol. The lowest BCUT2D eigenvalue weighted by molar-refractivity contribution is -0.144. The first-order valence-electron chi connectivity index (χ1n) is 7.86. The quantitative estimate of drug-likeness (QED) is 0.705. The van der Waals surface area contributed by atoms with Gasteiger partial charge in [-0.2, -0.15) is 0 Å². The summed E-state index contributed by atoms with van der Waals surface area (Å²) in [4.78, 5) is 36.5. The number of rotatable bonds is 7. The Labute approximate surface area is 149 Å². The first kappa shape index (κ1) is 18.7. The van der Waals surface area contributed by atoms with Gasteiger partial charge in [0.05, 0.1) is 4.88 Å². The van der Waals surface area contributed by atoms with Crippen LogP contribution >= 0.6 is 11.3 Å². The minimum absolute atomic E-state index is 0.256. The van der Waals surface area contributed by atoms with Crippen molar-refractivity contribution < 1.29 is 19.5 Å². The van der Waals surface area contributed by atoms with Crippen LogP contribution < -0.4 is 10.6 Å². The van der Waals surface area contributed by atoms with Gasteiger partial charge in [0.2, 0.25) is 0 Å². The Morgan fingerprint density at radius 1 is 1.16 bits per heavy atom. The molecule has 2 aromatic rings. The Balaban J connectivity index is 2.13. The molecule has 1 atom stereocenters. The zero-order valence-electron chi connectivity index (χ0n) is 14.0. The zero-order valence-corrected chi connectivity index (χ0v) is 14.9. The third kappa shape index (κ3) is 4.67. The van der Waals surface area contributed by atoms with Crippen molar-refractivity contribution in [3.8, 4) is 0 Å². The molecule has 0 saturated carbocycles. The fourth-order valence-electron chi connectivity index (χ4n) is 2.38. The van der Waals surface area contributed by atoms with Crippen LogP contribution in [0.1, 0.15) is 46.7 Å². The van der Waals surface area contributed by atoms with Gasteiger partial charge in [-0.3, -0.25) is 9.59 Å². The van der Waals surface area contributed by atoms with Crippen LogP contribution in [-0.2, 0) is 4.79 Å². The highest BCUT2D eigenvalue weighted by Crippen LogP contribution is 2.17. The van der Waals surface area contributed by atoms with Crippen molar-refractivity contribution in [1.29, 1.82) is 0 Å². The standard InChI is InChI=1S/C18H20N2O4S/c1-3-9-18(2,17(23)24)20-15(21)12-6-4-7-13(11-12)19-16(22)14-8-5-10-25-14/h4-8,10-11H,3,9H2,1-2H3,(H,19,22)(H,20,21)(H,23,24). The highest BCUT2D eigenvalue weighted by atomic mass is 32.1. The number of carboxylic acids is 1. The minimum atomic E-state index is -1.33. The average Bonchev–Trinajstić information content (AvgIpc) is 3.09. The molecule has 0 radical (unpaired) electrons. The van der Waals surface area contributed by atoms with Crippen LogP contribution in [0.15, 0.2) is 41.8 Å². The number of carbonyl (C=O) groups is 3. The van der Waals surface area contributed by atoms with Gasteiger partial charge in [0, 0.05) is 11.3 Å². The molecular weight excluding hydrogens is 340 g/mol. The summed E-state index contributed by atoms with van der Waals surface area (Å²) in [5.74, 6) is -1.83. The Morgan fingerprint density at radius 2 is 1.92 bits per heavy atom. The number of carboxylic acid groups (broad SMARTS) is 1. The average molecular weight is 360 g/mol. The number of nitrogens with one attached hydrogen (secondary N) is 2. The van der Waals surface area contributed by atoms with Gasteiger partial charge in [-0.05, 0) is 43.0 Å². The molecule has 0 saturated heterocycles. The fourth-order valence-corrected chi connectivity index (χ4v) is 3.00. The van der Waals surface area contributed by atoms with Gasteiger partial charge in [-0.25, -0.2) is 4.79 Å².